The third-order valence-electron chi connectivity index (χ3n) is 8.52. The number of pyridine rings is 2. The number of piperidine rings is 1. The summed E-state index contributed by atoms with van der Waals surface area (Å²) in [7, 11) is 0. The van der Waals surface area contributed by atoms with E-state index in [9.17, 15) is 19.4 Å². The molecule has 0 radical (unpaired) electrons. The van der Waals surface area contributed by atoms with Gasteiger partial charge < -0.3 is 20.3 Å². The maximum Gasteiger partial charge on any atom is 0.185 e. The highest BCUT2D eigenvalue weighted by molar-refractivity contribution is 5.96. The van der Waals surface area contributed by atoms with Crippen LogP contribution in [0.4, 0.5) is 13.2 Å². The van der Waals surface area contributed by atoms with Crippen LogP contribution in [0.15, 0.2) is 42.7 Å². The van der Waals surface area contributed by atoms with Crippen molar-refractivity contribution in [3.05, 3.63) is 77.0 Å². The highest BCUT2D eigenvalue weighted by Crippen LogP contribution is 2.42. The van der Waals surface area contributed by atoms with Crippen LogP contribution in [0.1, 0.15) is 67.1 Å². The molecule has 0 bridgehead atoms. The maximum absolute atomic E-state index is 15.1. The highest BCUT2D eigenvalue weighted by Gasteiger charge is 2.43. The standard InChI is InChI=1S/C31H34F3N3O4/c1-17-11-18(13-28(39)31(17,2)40)22-7-10-36-16-19(22)12-27(38)26-4-3-23(32)30(37-26)29-24(33)14-21(15-25(29)34)41-20-5-8-35-9-6-20/h3-4,7,10,14-18,20,28,35,39-40H,5-6,8-9,11-13H2,1-2H3/t17-,18+,28+,31+/m0/s1. The SMILES string of the molecule is C[C@H]1C[C@@H](c2ccncc2CC(=O)c2ccc(F)c(-c3c(F)cc(OC4CCNCC4)cc3F)n2)C[C@@H](O)[C@]1(C)O. The Morgan fingerprint density at radius 1 is 1.10 bits per heavy atom. The molecule has 0 spiro atoms. The third-order valence-corrected chi connectivity index (χ3v) is 8.52. The molecular weight excluding hydrogens is 535 g/mol. The van der Waals surface area contributed by atoms with Crippen molar-refractivity contribution in [1.82, 2.24) is 15.3 Å². The molecule has 1 saturated carbocycles. The lowest BCUT2D eigenvalue weighted by molar-refractivity contribution is -0.123. The first-order valence-corrected chi connectivity index (χ1v) is 13.9. The fourth-order valence-corrected chi connectivity index (χ4v) is 5.82. The highest BCUT2D eigenvalue weighted by atomic mass is 19.1. The Bertz CT molecular complexity index is 1390. The average molecular weight is 570 g/mol. The van der Waals surface area contributed by atoms with Gasteiger partial charge in [-0.05, 0) is 86.9 Å². The van der Waals surface area contributed by atoms with E-state index in [-0.39, 0.29) is 35.8 Å². The Morgan fingerprint density at radius 3 is 2.49 bits per heavy atom. The molecule has 3 heterocycles. The molecule has 0 amide bonds. The van der Waals surface area contributed by atoms with Crippen molar-refractivity contribution in [2.45, 2.75) is 69.7 Å². The number of nitrogens with zero attached hydrogens (tertiary/aromatic N) is 2. The first-order valence-electron chi connectivity index (χ1n) is 13.9. The topological polar surface area (TPSA) is 105 Å². The Morgan fingerprint density at radius 2 is 1.80 bits per heavy atom. The predicted octanol–water partition coefficient (Wildman–Crippen LogP) is 4.74. The van der Waals surface area contributed by atoms with Crippen molar-refractivity contribution in [2.24, 2.45) is 5.92 Å². The van der Waals surface area contributed by atoms with Gasteiger partial charge in [-0.3, -0.25) is 9.78 Å². The van der Waals surface area contributed by atoms with Gasteiger partial charge in [-0.25, -0.2) is 18.2 Å². The molecule has 2 fully saturated rings. The summed E-state index contributed by atoms with van der Waals surface area (Å²) in [5.74, 6) is -3.82. The lowest BCUT2D eigenvalue weighted by atomic mass is 9.68. The molecule has 2 aliphatic rings. The van der Waals surface area contributed by atoms with Gasteiger partial charge in [-0.1, -0.05) is 6.92 Å². The quantitative estimate of drug-likeness (QED) is 0.353. The minimum Gasteiger partial charge on any atom is -0.490 e. The molecule has 1 saturated heterocycles. The zero-order chi connectivity index (χ0) is 29.3. The summed E-state index contributed by atoms with van der Waals surface area (Å²) in [6.45, 7) is 4.98. The smallest absolute Gasteiger partial charge is 0.185 e. The Kier molecular flexibility index (Phi) is 8.45. The van der Waals surface area contributed by atoms with E-state index < -0.39 is 46.2 Å². The van der Waals surface area contributed by atoms with Crippen LogP contribution in [0.2, 0.25) is 0 Å². The Balaban J connectivity index is 1.38. The summed E-state index contributed by atoms with van der Waals surface area (Å²) in [6.07, 6.45) is 4.23. The van der Waals surface area contributed by atoms with Crippen molar-refractivity contribution in [1.29, 1.82) is 0 Å². The van der Waals surface area contributed by atoms with Crippen molar-refractivity contribution in [3.63, 3.8) is 0 Å². The molecule has 10 heteroatoms. The molecule has 1 aliphatic carbocycles. The van der Waals surface area contributed by atoms with Crippen LogP contribution in [-0.4, -0.2) is 56.9 Å². The van der Waals surface area contributed by atoms with E-state index in [1.54, 1.807) is 25.4 Å². The normalized spacial score (nSPS) is 25.2. The van der Waals surface area contributed by atoms with Gasteiger partial charge in [-0.2, -0.15) is 0 Å². The van der Waals surface area contributed by atoms with Gasteiger partial charge in [0.25, 0.3) is 0 Å². The number of rotatable bonds is 7. The lowest BCUT2D eigenvalue weighted by Crippen LogP contribution is -2.49. The summed E-state index contributed by atoms with van der Waals surface area (Å²) >= 11 is 0. The number of carbonyl (C=O) groups excluding carboxylic acids is 1. The van der Waals surface area contributed by atoms with Gasteiger partial charge >= 0.3 is 0 Å². The number of ether oxygens (including phenoxy) is 1. The number of aliphatic hydroxyl groups is 2. The summed E-state index contributed by atoms with van der Waals surface area (Å²) in [4.78, 5) is 21.5. The number of benzene rings is 1. The molecule has 2 aromatic heterocycles. The van der Waals surface area contributed by atoms with Crippen LogP contribution in [-0.2, 0) is 6.42 Å². The molecule has 0 unspecified atom stereocenters. The Labute approximate surface area is 236 Å². The molecule has 4 atom stereocenters. The van der Waals surface area contributed by atoms with Crippen LogP contribution in [0.5, 0.6) is 5.75 Å². The van der Waals surface area contributed by atoms with Gasteiger partial charge in [0.15, 0.2) is 5.78 Å². The van der Waals surface area contributed by atoms with Crippen molar-refractivity contribution in [2.75, 3.05) is 13.1 Å². The lowest BCUT2D eigenvalue weighted by Gasteiger charge is -2.43. The van der Waals surface area contributed by atoms with E-state index in [4.69, 9.17) is 4.74 Å². The first kappa shape index (κ1) is 29.2. The zero-order valence-electron chi connectivity index (χ0n) is 23.0. The van der Waals surface area contributed by atoms with Crippen LogP contribution in [0.3, 0.4) is 0 Å². The molecule has 3 N–H and O–H groups in total. The van der Waals surface area contributed by atoms with Crippen LogP contribution in [0, 0.1) is 23.4 Å². The van der Waals surface area contributed by atoms with Gasteiger partial charge in [0.1, 0.15) is 40.7 Å². The number of aromatic nitrogens is 2. The van der Waals surface area contributed by atoms with Crippen molar-refractivity contribution < 1.29 is 32.9 Å². The van der Waals surface area contributed by atoms with Gasteiger partial charge in [0.2, 0.25) is 0 Å². The number of nitrogens with one attached hydrogen (secondary N) is 1. The number of ketones is 1. The number of Topliss-reactive ketones (excluding diaryl/α,β-unsaturated/α-hetero) is 1. The van der Waals surface area contributed by atoms with E-state index in [0.29, 0.717) is 31.2 Å². The molecule has 7 nitrogen and oxygen atoms in total. The number of hydrogen-bond acceptors (Lipinski definition) is 7. The van der Waals surface area contributed by atoms with E-state index >= 15 is 8.78 Å². The fraction of sp³-hybridized carbons (Fsp3) is 0.452. The van der Waals surface area contributed by atoms with E-state index in [1.807, 2.05) is 6.92 Å². The van der Waals surface area contributed by atoms with Crippen molar-refractivity contribution >= 4 is 5.78 Å². The number of aliphatic hydroxyl groups excluding tert-OH is 1. The predicted molar refractivity (Wildman–Crippen MR) is 146 cm³/mol. The largest absolute Gasteiger partial charge is 0.490 e. The van der Waals surface area contributed by atoms with E-state index in [0.717, 1.165) is 36.9 Å². The second-order valence-corrected chi connectivity index (χ2v) is 11.3. The molecule has 1 aromatic carbocycles. The minimum atomic E-state index is -1.21. The average Bonchev–Trinajstić information content (AvgIpc) is 2.93. The minimum absolute atomic E-state index is 0.0102. The van der Waals surface area contributed by atoms with Crippen LogP contribution >= 0.6 is 0 Å². The van der Waals surface area contributed by atoms with Gasteiger partial charge in [-0.15, -0.1) is 0 Å². The molecule has 1 aliphatic heterocycles. The summed E-state index contributed by atoms with van der Waals surface area (Å²) in [5, 5.41) is 24.3. The zero-order valence-corrected chi connectivity index (χ0v) is 23.0. The van der Waals surface area contributed by atoms with Gasteiger partial charge in [0, 0.05) is 30.9 Å². The molecule has 5 rings (SSSR count). The van der Waals surface area contributed by atoms with E-state index in [2.05, 4.69) is 15.3 Å². The number of carbonyl (C=O) groups is 1. The fourth-order valence-electron chi connectivity index (χ4n) is 5.82. The number of hydrogen-bond donors (Lipinski definition) is 3. The van der Waals surface area contributed by atoms with Gasteiger partial charge in [0.05, 0.1) is 17.3 Å². The van der Waals surface area contributed by atoms with Crippen molar-refractivity contribution in [3.8, 4) is 17.0 Å². The number of halogens is 3. The molecular formula is C31H34F3N3O4. The first-order chi connectivity index (χ1) is 19.5. The maximum atomic E-state index is 15.1. The second kappa shape index (κ2) is 11.9. The summed E-state index contributed by atoms with van der Waals surface area (Å²) in [6, 6.07) is 5.96. The Hall–Kier alpha value is -3.34. The monoisotopic (exact) mass is 569 g/mol. The molecule has 3 aromatic rings. The second-order valence-electron chi connectivity index (χ2n) is 11.3. The summed E-state index contributed by atoms with van der Waals surface area (Å²) < 4.78 is 50.8. The van der Waals surface area contributed by atoms with Crippen LogP contribution < -0.4 is 10.1 Å². The molecule has 218 valence electrons. The molecule has 41 heavy (non-hydrogen) atoms. The van der Waals surface area contributed by atoms with E-state index in [1.165, 1.54) is 6.07 Å². The van der Waals surface area contributed by atoms with Crippen LogP contribution in [0.25, 0.3) is 11.3 Å². The summed E-state index contributed by atoms with van der Waals surface area (Å²) in [5.41, 5.74) is -1.21. The third kappa shape index (κ3) is 6.14.